The third-order valence-corrected chi connectivity index (χ3v) is 5.26. The van der Waals surface area contributed by atoms with Crippen LogP contribution in [-0.2, 0) is 0 Å². The van der Waals surface area contributed by atoms with Crippen molar-refractivity contribution in [2.45, 2.75) is 26.8 Å². The van der Waals surface area contributed by atoms with Gasteiger partial charge in [-0.05, 0) is 55.7 Å². The van der Waals surface area contributed by atoms with Gasteiger partial charge in [0.1, 0.15) is 5.82 Å². The number of benzene rings is 3. The second-order valence-corrected chi connectivity index (χ2v) is 7.62. The van der Waals surface area contributed by atoms with Gasteiger partial charge in [-0.15, -0.1) is 0 Å². The van der Waals surface area contributed by atoms with Crippen LogP contribution < -0.4 is 10.6 Å². The molecule has 1 amide bonds. The highest BCUT2D eigenvalue weighted by atomic mass is 16.1. The van der Waals surface area contributed by atoms with E-state index < -0.39 is 0 Å². The molecule has 4 nitrogen and oxygen atoms in total. The van der Waals surface area contributed by atoms with Crippen molar-refractivity contribution in [3.63, 3.8) is 0 Å². The number of hydrogen-bond donors (Lipinski definition) is 2. The zero-order valence-electron chi connectivity index (χ0n) is 17.4. The van der Waals surface area contributed by atoms with E-state index in [4.69, 9.17) is 4.98 Å². The van der Waals surface area contributed by atoms with Crippen molar-refractivity contribution in [3.05, 3.63) is 101 Å². The van der Waals surface area contributed by atoms with Gasteiger partial charge >= 0.3 is 0 Å². The Balaban J connectivity index is 1.69. The normalized spacial score (nSPS) is 11.8. The average molecular weight is 396 g/mol. The summed E-state index contributed by atoms with van der Waals surface area (Å²) in [5.74, 6) is 0.536. The predicted octanol–water partition coefficient (Wildman–Crippen LogP) is 6.09. The van der Waals surface area contributed by atoms with E-state index in [9.17, 15) is 4.79 Å². The number of carbonyl (C=O) groups excluding carboxylic acids is 1. The van der Waals surface area contributed by atoms with Gasteiger partial charge < -0.3 is 10.6 Å². The molecule has 0 aliphatic rings. The third-order valence-electron chi connectivity index (χ3n) is 5.26. The van der Waals surface area contributed by atoms with E-state index >= 15 is 0 Å². The van der Waals surface area contributed by atoms with Crippen molar-refractivity contribution in [2.24, 2.45) is 0 Å². The van der Waals surface area contributed by atoms with Gasteiger partial charge in [0.25, 0.3) is 5.91 Å². The van der Waals surface area contributed by atoms with Gasteiger partial charge in [0.15, 0.2) is 0 Å². The van der Waals surface area contributed by atoms with E-state index in [1.807, 2.05) is 67.6 Å². The second kappa shape index (κ2) is 8.37. The molecule has 0 bridgehead atoms. The van der Waals surface area contributed by atoms with Gasteiger partial charge in [0, 0.05) is 11.1 Å². The zero-order valence-corrected chi connectivity index (χ0v) is 17.4. The Kier molecular flexibility index (Phi) is 5.48. The summed E-state index contributed by atoms with van der Waals surface area (Å²) in [5, 5.41) is 7.35. The second-order valence-electron chi connectivity index (χ2n) is 7.62. The Morgan fingerprint density at radius 2 is 1.63 bits per heavy atom. The molecule has 150 valence electrons. The first-order chi connectivity index (χ1) is 14.5. The number of fused-ring (bicyclic) bond motifs is 1. The first-order valence-corrected chi connectivity index (χ1v) is 10.1. The molecule has 0 aliphatic carbocycles. The summed E-state index contributed by atoms with van der Waals surface area (Å²) >= 11 is 0. The number of carbonyl (C=O) groups is 1. The molecule has 4 aromatic rings. The van der Waals surface area contributed by atoms with E-state index in [2.05, 4.69) is 42.7 Å². The Morgan fingerprint density at radius 3 is 2.43 bits per heavy atom. The lowest BCUT2D eigenvalue weighted by Gasteiger charge is -2.17. The zero-order chi connectivity index (χ0) is 21.1. The molecule has 2 N–H and O–H groups in total. The number of amides is 1. The highest BCUT2D eigenvalue weighted by molar-refractivity contribution is 6.07. The van der Waals surface area contributed by atoms with Crippen LogP contribution in [0.3, 0.4) is 0 Å². The molecule has 1 aromatic heterocycles. The van der Waals surface area contributed by atoms with Gasteiger partial charge in [-0.25, -0.2) is 4.98 Å². The van der Waals surface area contributed by atoms with E-state index in [0.29, 0.717) is 11.4 Å². The van der Waals surface area contributed by atoms with E-state index in [1.54, 1.807) is 0 Å². The number of nitrogens with one attached hydrogen (secondary N) is 2. The number of para-hydroxylation sites is 1. The van der Waals surface area contributed by atoms with Crippen LogP contribution >= 0.6 is 0 Å². The van der Waals surface area contributed by atoms with Crippen molar-refractivity contribution in [1.29, 1.82) is 0 Å². The summed E-state index contributed by atoms with van der Waals surface area (Å²) in [5.41, 5.74) is 5.74. The van der Waals surface area contributed by atoms with Crippen LogP contribution in [0.5, 0.6) is 0 Å². The number of pyridine rings is 1. The molecule has 0 saturated heterocycles. The molecule has 4 heteroatoms. The van der Waals surface area contributed by atoms with Crippen LogP contribution in [0.2, 0.25) is 0 Å². The SMILES string of the molecule is Cc1ccc(C)c(Nc2cc(C(=O)N[C@H](C)c3ccccc3)c3ccccc3n2)c1. The molecule has 1 atom stereocenters. The Bertz CT molecular complexity index is 1200. The molecule has 0 saturated carbocycles. The maximum absolute atomic E-state index is 13.2. The molecule has 0 aliphatic heterocycles. The summed E-state index contributed by atoms with van der Waals surface area (Å²) in [6.45, 7) is 6.10. The Labute approximate surface area is 177 Å². The highest BCUT2D eigenvalue weighted by Crippen LogP contribution is 2.26. The maximum Gasteiger partial charge on any atom is 0.252 e. The van der Waals surface area contributed by atoms with E-state index in [1.165, 1.54) is 5.56 Å². The lowest BCUT2D eigenvalue weighted by Crippen LogP contribution is -2.27. The van der Waals surface area contributed by atoms with Gasteiger partial charge in [-0.3, -0.25) is 4.79 Å². The van der Waals surface area contributed by atoms with Crippen LogP contribution in [-0.4, -0.2) is 10.9 Å². The van der Waals surface area contributed by atoms with Gasteiger partial charge in [0.2, 0.25) is 0 Å². The fourth-order valence-corrected chi connectivity index (χ4v) is 3.54. The van der Waals surface area contributed by atoms with Crippen molar-refractivity contribution < 1.29 is 4.79 Å². The smallest absolute Gasteiger partial charge is 0.252 e. The Morgan fingerprint density at radius 1 is 0.900 bits per heavy atom. The summed E-state index contributed by atoms with van der Waals surface area (Å²) in [6, 6.07) is 25.7. The number of aryl methyl sites for hydroxylation is 2. The van der Waals surface area contributed by atoms with Crippen molar-refractivity contribution >= 4 is 28.3 Å². The quantitative estimate of drug-likeness (QED) is 0.430. The minimum Gasteiger partial charge on any atom is -0.345 e. The summed E-state index contributed by atoms with van der Waals surface area (Å²) in [6.07, 6.45) is 0. The van der Waals surface area contributed by atoms with Gasteiger partial charge in [-0.2, -0.15) is 0 Å². The summed E-state index contributed by atoms with van der Waals surface area (Å²) in [4.78, 5) is 17.9. The van der Waals surface area contributed by atoms with Gasteiger partial charge in [-0.1, -0.05) is 60.7 Å². The fourth-order valence-electron chi connectivity index (χ4n) is 3.54. The van der Waals surface area contributed by atoms with Crippen molar-refractivity contribution in [3.8, 4) is 0 Å². The molecule has 0 spiro atoms. The number of hydrogen-bond acceptors (Lipinski definition) is 3. The van der Waals surface area contributed by atoms with E-state index in [-0.39, 0.29) is 11.9 Å². The molecule has 1 heterocycles. The largest absolute Gasteiger partial charge is 0.345 e. The van der Waals surface area contributed by atoms with Gasteiger partial charge in [0.05, 0.1) is 17.1 Å². The number of anilines is 2. The molecular weight excluding hydrogens is 370 g/mol. The van der Waals surface area contributed by atoms with Crippen LogP contribution in [0.4, 0.5) is 11.5 Å². The number of nitrogens with zero attached hydrogens (tertiary/aromatic N) is 1. The minimum absolute atomic E-state index is 0.0962. The number of rotatable bonds is 5. The third kappa shape index (κ3) is 4.18. The molecule has 30 heavy (non-hydrogen) atoms. The number of aromatic nitrogens is 1. The maximum atomic E-state index is 13.2. The van der Waals surface area contributed by atoms with Crippen LogP contribution in [0.15, 0.2) is 78.9 Å². The standard InChI is InChI=1S/C26H25N3O/c1-17-13-14-18(2)24(15-17)29-25-16-22(21-11-7-8-12-23(21)28-25)26(30)27-19(3)20-9-5-4-6-10-20/h4-16,19H,1-3H3,(H,27,30)(H,28,29)/t19-/m1/s1. The predicted molar refractivity (Wildman–Crippen MR) is 123 cm³/mol. The summed E-state index contributed by atoms with van der Waals surface area (Å²) < 4.78 is 0. The molecule has 4 rings (SSSR count). The molecule has 3 aromatic carbocycles. The molecular formula is C26H25N3O. The average Bonchev–Trinajstić information content (AvgIpc) is 2.76. The Hall–Kier alpha value is -3.66. The highest BCUT2D eigenvalue weighted by Gasteiger charge is 2.16. The molecule has 0 radical (unpaired) electrons. The molecule has 0 fully saturated rings. The fraction of sp³-hybridized carbons (Fsp3) is 0.154. The minimum atomic E-state index is -0.117. The molecule has 0 unspecified atom stereocenters. The van der Waals surface area contributed by atoms with Crippen LogP contribution in [0.25, 0.3) is 10.9 Å². The monoisotopic (exact) mass is 395 g/mol. The lowest BCUT2D eigenvalue weighted by molar-refractivity contribution is 0.0941. The van der Waals surface area contributed by atoms with Crippen LogP contribution in [0.1, 0.15) is 40.0 Å². The first-order valence-electron chi connectivity index (χ1n) is 10.1. The van der Waals surface area contributed by atoms with Crippen molar-refractivity contribution in [2.75, 3.05) is 5.32 Å². The summed E-state index contributed by atoms with van der Waals surface area (Å²) in [7, 11) is 0. The first kappa shape index (κ1) is 19.6. The van der Waals surface area contributed by atoms with Crippen molar-refractivity contribution in [1.82, 2.24) is 10.3 Å². The van der Waals surface area contributed by atoms with E-state index in [0.717, 1.165) is 27.7 Å². The van der Waals surface area contributed by atoms with Crippen LogP contribution in [0, 0.1) is 13.8 Å². The topological polar surface area (TPSA) is 54.0 Å². The lowest BCUT2D eigenvalue weighted by atomic mass is 10.1.